The summed E-state index contributed by atoms with van der Waals surface area (Å²) < 4.78 is 1.81. The van der Waals surface area contributed by atoms with E-state index in [1.807, 2.05) is 60.8 Å². The number of carbonyl (C=O) groups is 1. The lowest BCUT2D eigenvalue weighted by molar-refractivity contribution is -0.121. The van der Waals surface area contributed by atoms with Crippen LogP contribution in [0, 0.1) is 0 Å². The Balaban J connectivity index is 1.47. The summed E-state index contributed by atoms with van der Waals surface area (Å²) >= 11 is 6.17. The molecule has 1 N–H and O–H groups in total. The lowest BCUT2D eigenvalue weighted by Gasteiger charge is -2.17. The van der Waals surface area contributed by atoms with E-state index in [0.29, 0.717) is 18.1 Å². The maximum Gasteiger partial charge on any atom is 0.221 e. The number of halogens is 1. The molecule has 5 heteroatoms. The van der Waals surface area contributed by atoms with E-state index in [1.54, 1.807) is 4.40 Å². The van der Waals surface area contributed by atoms with E-state index in [4.69, 9.17) is 11.6 Å². The van der Waals surface area contributed by atoms with E-state index < -0.39 is 0 Å². The molecule has 4 rings (SSSR count). The fraction of sp³-hybridized carbons (Fsp3) is 0.130. The second-order valence-electron chi connectivity index (χ2n) is 6.66. The Labute approximate surface area is 168 Å². The van der Waals surface area contributed by atoms with Crippen molar-refractivity contribution in [2.75, 3.05) is 0 Å². The fourth-order valence-electron chi connectivity index (χ4n) is 3.36. The van der Waals surface area contributed by atoms with Crippen LogP contribution in [0.15, 0.2) is 85.1 Å². The summed E-state index contributed by atoms with van der Waals surface area (Å²) in [7, 11) is 0. The Hall–Kier alpha value is -3.11. The number of benzene rings is 2. The van der Waals surface area contributed by atoms with E-state index in [2.05, 4.69) is 34.6 Å². The minimum Gasteiger partial charge on any atom is -0.350 e. The smallest absolute Gasteiger partial charge is 0.221 e. The lowest BCUT2D eigenvalue weighted by Crippen LogP contribution is -2.25. The number of nitrogens with zero attached hydrogens (tertiary/aromatic N) is 2. The largest absolute Gasteiger partial charge is 0.350 e. The van der Waals surface area contributed by atoms with Gasteiger partial charge in [-0.25, -0.2) is 4.98 Å². The molecule has 4 nitrogen and oxygen atoms in total. The van der Waals surface area contributed by atoms with Gasteiger partial charge in [0.15, 0.2) is 0 Å². The molecule has 0 aliphatic heterocycles. The van der Waals surface area contributed by atoms with Gasteiger partial charge in [0.1, 0.15) is 10.8 Å². The molecule has 0 atom stereocenters. The average Bonchev–Trinajstić information content (AvgIpc) is 3.16. The molecule has 1 amide bonds. The first-order valence-electron chi connectivity index (χ1n) is 9.20. The number of amides is 1. The Kier molecular flexibility index (Phi) is 5.40. The zero-order chi connectivity index (χ0) is 19.3. The summed E-state index contributed by atoms with van der Waals surface area (Å²) in [4.78, 5) is 17.2. The topological polar surface area (TPSA) is 46.4 Å². The molecule has 0 spiro atoms. The van der Waals surface area contributed by atoms with Crippen LogP contribution in [-0.2, 0) is 11.3 Å². The van der Waals surface area contributed by atoms with Gasteiger partial charge < -0.3 is 5.32 Å². The SMILES string of the molecule is O=C(CC(c1ccccc1)c1ccccc1)NCc1cn2c(Cl)cccc2n1. The summed E-state index contributed by atoms with van der Waals surface area (Å²) in [5.41, 5.74) is 3.80. The van der Waals surface area contributed by atoms with Crippen molar-refractivity contribution in [1.29, 1.82) is 0 Å². The monoisotopic (exact) mass is 389 g/mol. The van der Waals surface area contributed by atoms with Gasteiger partial charge in [-0.3, -0.25) is 9.20 Å². The van der Waals surface area contributed by atoms with E-state index in [9.17, 15) is 4.79 Å². The molecule has 0 bridgehead atoms. The number of rotatable bonds is 6. The maximum absolute atomic E-state index is 12.7. The Morgan fingerprint density at radius 3 is 2.18 bits per heavy atom. The minimum atomic E-state index is -0.0131. The van der Waals surface area contributed by atoms with Crippen LogP contribution in [0.3, 0.4) is 0 Å². The predicted octanol–water partition coefficient (Wildman–Crippen LogP) is 4.83. The van der Waals surface area contributed by atoms with Crippen LogP contribution in [0.5, 0.6) is 0 Å². The van der Waals surface area contributed by atoms with Gasteiger partial charge in [-0.15, -0.1) is 0 Å². The maximum atomic E-state index is 12.7. The first kappa shape index (κ1) is 18.3. The van der Waals surface area contributed by atoms with E-state index in [0.717, 1.165) is 22.5 Å². The highest BCUT2D eigenvalue weighted by molar-refractivity contribution is 6.29. The molecule has 140 valence electrons. The van der Waals surface area contributed by atoms with E-state index in [-0.39, 0.29) is 11.8 Å². The quantitative estimate of drug-likeness (QED) is 0.480. The van der Waals surface area contributed by atoms with Crippen molar-refractivity contribution in [3.05, 3.63) is 107 Å². The number of nitrogens with one attached hydrogen (secondary N) is 1. The van der Waals surface area contributed by atoms with Gasteiger partial charge in [-0.2, -0.15) is 0 Å². The number of hydrogen-bond acceptors (Lipinski definition) is 2. The molecule has 0 saturated heterocycles. The van der Waals surface area contributed by atoms with Gasteiger partial charge in [-0.05, 0) is 23.3 Å². The molecule has 4 aromatic rings. The normalized spacial score (nSPS) is 11.1. The third kappa shape index (κ3) is 4.07. The van der Waals surface area contributed by atoms with E-state index in [1.165, 1.54) is 0 Å². The van der Waals surface area contributed by atoms with Crippen molar-refractivity contribution < 1.29 is 4.79 Å². The molecule has 0 saturated carbocycles. The number of pyridine rings is 1. The second kappa shape index (κ2) is 8.28. The van der Waals surface area contributed by atoms with Crippen LogP contribution < -0.4 is 5.32 Å². The lowest BCUT2D eigenvalue weighted by atomic mass is 9.88. The summed E-state index contributed by atoms with van der Waals surface area (Å²) in [5.74, 6) is -0.00114. The van der Waals surface area contributed by atoms with Gasteiger partial charge in [0, 0.05) is 18.5 Å². The molecule has 2 aromatic heterocycles. The molecule has 0 radical (unpaired) electrons. The standard InChI is InChI=1S/C23H20ClN3O/c24-21-12-7-13-22-26-19(16-27(21)22)15-25-23(28)14-20(17-8-3-1-4-9-17)18-10-5-2-6-11-18/h1-13,16,20H,14-15H2,(H,25,28). The highest BCUT2D eigenvalue weighted by Crippen LogP contribution is 2.27. The highest BCUT2D eigenvalue weighted by atomic mass is 35.5. The zero-order valence-electron chi connectivity index (χ0n) is 15.3. The molecular weight excluding hydrogens is 370 g/mol. The fourth-order valence-corrected chi connectivity index (χ4v) is 3.57. The molecular formula is C23H20ClN3O. The first-order chi connectivity index (χ1) is 13.7. The predicted molar refractivity (Wildman–Crippen MR) is 111 cm³/mol. The van der Waals surface area contributed by atoms with Crippen molar-refractivity contribution in [3.63, 3.8) is 0 Å². The molecule has 2 heterocycles. The molecule has 28 heavy (non-hydrogen) atoms. The van der Waals surface area contributed by atoms with Crippen LogP contribution in [0.2, 0.25) is 5.15 Å². The van der Waals surface area contributed by atoms with Crippen LogP contribution in [0.1, 0.15) is 29.2 Å². The summed E-state index contributed by atoms with van der Waals surface area (Å²) in [5, 5.41) is 3.58. The minimum absolute atomic E-state index is 0.0120. The van der Waals surface area contributed by atoms with Crippen molar-refractivity contribution in [2.45, 2.75) is 18.9 Å². The number of hydrogen-bond donors (Lipinski definition) is 1. The number of carbonyl (C=O) groups excluding carboxylic acids is 1. The number of aromatic nitrogens is 2. The third-order valence-corrected chi connectivity index (χ3v) is 5.06. The van der Waals surface area contributed by atoms with Gasteiger partial charge in [0.2, 0.25) is 5.91 Å². The molecule has 0 aliphatic rings. The third-order valence-electron chi connectivity index (χ3n) is 4.75. The summed E-state index contributed by atoms with van der Waals surface area (Å²) in [6, 6.07) is 25.8. The summed E-state index contributed by atoms with van der Waals surface area (Å²) in [6.45, 7) is 0.368. The molecule has 0 unspecified atom stereocenters. The van der Waals surface area contributed by atoms with E-state index >= 15 is 0 Å². The number of imidazole rings is 1. The van der Waals surface area contributed by atoms with Crippen molar-refractivity contribution in [3.8, 4) is 0 Å². The second-order valence-corrected chi connectivity index (χ2v) is 7.05. The van der Waals surface area contributed by atoms with Gasteiger partial charge in [0.05, 0.1) is 12.2 Å². The van der Waals surface area contributed by atoms with Crippen LogP contribution in [-0.4, -0.2) is 15.3 Å². The van der Waals surface area contributed by atoms with Crippen LogP contribution in [0.4, 0.5) is 0 Å². The summed E-state index contributed by atoms with van der Waals surface area (Å²) in [6.07, 6.45) is 2.23. The molecule has 0 aliphatic carbocycles. The molecule has 2 aromatic carbocycles. The molecule has 0 fully saturated rings. The Bertz CT molecular complexity index is 1040. The number of fused-ring (bicyclic) bond motifs is 1. The van der Waals surface area contributed by atoms with Crippen molar-refractivity contribution >= 4 is 23.2 Å². The van der Waals surface area contributed by atoms with Crippen molar-refractivity contribution in [2.24, 2.45) is 0 Å². The van der Waals surface area contributed by atoms with Gasteiger partial charge >= 0.3 is 0 Å². The first-order valence-corrected chi connectivity index (χ1v) is 9.57. The zero-order valence-corrected chi connectivity index (χ0v) is 16.0. The highest BCUT2D eigenvalue weighted by Gasteiger charge is 2.18. The van der Waals surface area contributed by atoms with Gasteiger partial charge in [-0.1, -0.05) is 78.3 Å². The average molecular weight is 390 g/mol. The van der Waals surface area contributed by atoms with Crippen LogP contribution >= 0.6 is 11.6 Å². The Morgan fingerprint density at radius 1 is 0.929 bits per heavy atom. The van der Waals surface area contributed by atoms with Crippen molar-refractivity contribution in [1.82, 2.24) is 14.7 Å². The van der Waals surface area contributed by atoms with Gasteiger partial charge in [0.25, 0.3) is 0 Å². The Morgan fingerprint density at radius 2 is 1.57 bits per heavy atom. The van der Waals surface area contributed by atoms with Crippen LogP contribution in [0.25, 0.3) is 5.65 Å².